The molecule has 0 bridgehead atoms. The fourth-order valence-electron chi connectivity index (χ4n) is 6.10. The molecule has 0 aromatic heterocycles. The van der Waals surface area contributed by atoms with E-state index in [0.717, 1.165) is 36.8 Å². The van der Waals surface area contributed by atoms with E-state index in [-0.39, 0.29) is 17.8 Å². The molecule has 3 aliphatic rings. The Kier molecular flexibility index (Phi) is 5.97. The highest BCUT2D eigenvalue weighted by atomic mass is 16.4. The molecule has 0 amide bonds. The van der Waals surface area contributed by atoms with Gasteiger partial charge in [0.2, 0.25) is 0 Å². The predicted octanol–water partition coefficient (Wildman–Crippen LogP) is 4.24. The Labute approximate surface area is 162 Å². The zero-order chi connectivity index (χ0) is 19.8. The van der Waals surface area contributed by atoms with E-state index in [0.29, 0.717) is 24.7 Å². The monoisotopic (exact) mass is 374 g/mol. The van der Waals surface area contributed by atoms with Crippen molar-refractivity contribution in [2.45, 2.75) is 77.4 Å². The van der Waals surface area contributed by atoms with Gasteiger partial charge in [0.15, 0.2) is 0 Å². The van der Waals surface area contributed by atoms with E-state index in [1.807, 2.05) is 0 Å². The summed E-state index contributed by atoms with van der Waals surface area (Å²) in [4.78, 5) is 11.2. The van der Waals surface area contributed by atoms with Gasteiger partial charge in [0, 0.05) is 12.8 Å². The summed E-state index contributed by atoms with van der Waals surface area (Å²) in [6.07, 6.45) is 9.93. The Hall–Kier alpha value is -1.39. The molecule has 3 aliphatic carbocycles. The molecule has 3 saturated carbocycles. The number of hydrogen-bond acceptors (Lipinski definition) is 3. The zero-order valence-electron chi connectivity index (χ0n) is 16.7. The lowest BCUT2D eigenvalue weighted by molar-refractivity contribution is -0.138. The number of aliphatic hydroxyl groups is 2. The van der Waals surface area contributed by atoms with Crippen LogP contribution in [0.3, 0.4) is 0 Å². The average molecular weight is 375 g/mol. The lowest BCUT2D eigenvalue weighted by Gasteiger charge is -2.44. The summed E-state index contributed by atoms with van der Waals surface area (Å²) in [5.41, 5.74) is 3.31. The first kappa shape index (κ1) is 20.3. The minimum Gasteiger partial charge on any atom is -0.481 e. The third-order valence-corrected chi connectivity index (χ3v) is 7.49. The van der Waals surface area contributed by atoms with Gasteiger partial charge in [-0.25, -0.2) is 0 Å². The van der Waals surface area contributed by atoms with Crippen molar-refractivity contribution < 1.29 is 20.1 Å². The molecule has 0 spiro atoms. The largest absolute Gasteiger partial charge is 0.481 e. The van der Waals surface area contributed by atoms with Crippen LogP contribution in [0.5, 0.6) is 0 Å². The van der Waals surface area contributed by atoms with Gasteiger partial charge in [0.05, 0.1) is 12.2 Å². The fourth-order valence-corrected chi connectivity index (χ4v) is 6.10. The molecule has 4 nitrogen and oxygen atoms in total. The Morgan fingerprint density at radius 2 is 2.07 bits per heavy atom. The lowest BCUT2D eigenvalue weighted by Crippen LogP contribution is -2.36. The van der Waals surface area contributed by atoms with Crippen LogP contribution < -0.4 is 0 Å². The number of allylic oxidation sites excluding steroid dienone is 3. The first-order valence-corrected chi connectivity index (χ1v) is 10.4. The fraction of sp³-hybridized carbons (Fsp3) is 0.696. The topological polar surface area (TPSA) is 77.8 Å². The highest BCUT2D eigenvalue weighted by Crippen LogP contribution is 2.59. The van der Waals surface area contributed by atoms with Crippen molar-refractivity contribution in [3.05, 3.63) is 35.5 Å². The number of rotatable bonds is 4. The second-order valence-electron chi connectivity index (χ2n) is 9.24. The first-order valence-electron chi connectivity index (χ1n) is 10.4. The Morgan fingerprint density at radius 3 is 2.78 bits per heavy atom. The lowest BCUT2D eigenvalue weighted by atomic mass is 9.61. The van der Waals surface area contributed by atoms with Crippen LogP contribution in [0.15, 0.2) is 35.5 Å². The van der Waals surface area contributed by atoms with E-state index >= 15 is 0 Å². The molecule has 150 valence electrons. The number of carbonyl (C=O) groups is 1. The van der Waals surface area contributed by atoms with Crippen LogP contribution >= 0.6 is 0 Å². The third kappa shape index (κ3) is 4.07. The molecule has 27 heavy (non-hydrogen) atoms. The van der Waals surface area contributed by atoms with E-state index < -0.39 is 18.2 Å². The smallest absolute Gasteiger partial charge is 0.303 e. The van der Waals surface area contributed by atoms with Gasteiger partial charge in [0.1, 0.15) is 0 Å². The predicted molar refractivity (Wildman–Crippen MR) is 106 cm³/mol. The maximum absolute atomic E-state index is 11.2. The molecule has 0 heterocycles. The standard InChI is InChI=1S/C23H34O4/c1-14(11-22(26)27)19-8-9-20-16(5-4-10-23(19,20)3)6-7-17-12-18(24)13-21(25)15(17)2/h6-7,14,18-21,24-25H,2,4-5,8-13H2,1,3H3,(H,26,27)/b16-6-,17-7+/t14-,18+,19-,20+,21-,23-/m1/s1. The van der Waals surface area contributed by atoms with Gasteiger partial charge in [-0.15, -0.1) is 0 Å². The van der Waals surface area contributed by atoms with Crippen molar-refractivity contribution in [2.24, 2.45) is 23.2 Å². The molecule has 3 fully saturated rings. The van der Waals surface area contributed by atoms with E-state index in [9.17, 15) is 20.1 Å². The molecule has 0 aromatic carbocycles. The highest BCUT2D eigenvalue weighted by Gasteiger charge is 2.50. The minimum atomic E-state index is -0.696. The number of hydrogen-bond donors (Lipinski definition) is 3. The van der Waals surface area contributed by atoms with Crippen LogP contribution in [0.4, 0.5) is 0 Å². The van der Waals surface area contributed by atoms with Crippen molar-refractivity contribution in [1.29, 1.82) is 0 Å². The summed E-state index contributed by atoms with van der Waals surface area (Å²) < 4.78 is 0. The normalized spacial score (nSPS) is 41.0. The van der Waals surface area contributed by atoms with Crippen LogP contribution in [0, 0.1) is 23.2 Å². The van der Waals surface area contributed by atoms with E-state index in [4.69, 9.17) is 0 Å². The van der Waals surface area contributed by atoms with Gasteiger partial charge in [-0.05, 0) is 72.8 Å². The van der Waals surface area contributed by atoms with Crippen LogP contribution in [0.2, 0.25) is 0 Å². The zero-order valence-corrected chi connectivity index (χ0v) is 16.7. The van der Waals surface area contributed by atoms with Crippen molar-refractivity contribution in [3.8, 4) is 0 Å². The van der Waals surface area contributed by atoms with Gasteiger partial charge in [0.25, 0.3) is 0 Å². The highest BCUT2D eigenvalue weighted by molar-refractivity contribution is 5.67. The molecule has 3 rings (SSSR count). The third-order valence-electron chi connectivity index (χ3n) is 7.49. The van der Waals surface area contributed by atoms with Gasteiger partial charge < -0.3 is 15.3 Å². The molecular weight excluding hydrogens is 340 g/mol. The molecule has 6 atom stereocenters. The molecule has 0 unspecified atom stereocenters. The number of fused-ring (bicyclic) bond motifs is 1. The van der Waals surface area contributed by atoms with Gasteiger partial charge in [-0.3, -0.25) is 4.79 Å². The molecule has 0 saturated heterocycles. The molecule has 0 aliphatic heterocycles. The molecule has 4 heteroatoms. The van der Waals surface area contributed by atoms with Gasteiger partial charge >= 0.3 is 5.97 Å². The summed E-state index contributed by atoms with van der Waals surface area (Å²) in [7, 11) is 0. The van der Waals surface area contributed by atoms with E-state index in [1.165, 1.54) is 12.0 Å². The quantitative estimate of drug-likeness (QED) is 0.688. The van der Waals surface area contributed by atoms with Crippen LogP contribution in [-0.2, 0) is 4.79 Å². The Morgan fingerprint density at radius 1 is 1.33 bits per heavy atom. The first-order chi connectivity index (χ1) is 12.7. The Bertz CT molecular complexity index is 661. The van der Waals surface area contributed by atoms with Crippen molar-refractivity contribution >= 4 is 5.97 Å². The Balaban J connectivity index is 1.80. The molecular formula is C23H34O4. The average Bonchev–Trinajstić information content (AvgIpc) is 2.93. The summed E-state index contributed by atoms with van der Waals surface area (Å²) in [6.45, 7) is 8.46. The maximum atomic E-state index is 11.2. The molecule has 0 aromatic rings. The van der Waals surface area contributed by atoms with Crippen LogP contribution in [-0.4, -0.2) is 33.5 Å². The second kappa shape index (κ2) is 7.92. The van der Waals surface area contributed by atoms with Gasteiger partial charge in [-0.1, -0.05) is 38.2 Å². The minimum absolute atomic E-state index is 0.181. The summed E-state index contributed by atoms with van der Waals surface area (Å²) in [6, 6.07) is 0. The second-order valence-corrected chi connectivity index (χ2v) is 9.24. The van der Waals surface area contributed by atoms with E-state index in [1.54, 1.807) is 0 Å². The van der Waals surface area contributed by atoms with Crippen LogP contribution in [0.1, 0.15) is 65.2 Å². The number of aliphatic hydroxyl groups excluding tert-OH is 2. The molecule has 0 radical (unpaired) electrons. The van der Waals surface area contributed by atoms with Crippen molar-refractivity contribution in [1.82, 2.24) is 0 Å². The van der Waals surface area contributed by atoms with Crippen molar-refractivity contribution in [2.75, 3.05) is 0 Å². The summed E-state index contributed by atoms with van der Waals surface area (Å²) >= 11 is 0. The number of carboxylic acid groups (broad SMARTS) is 1. The summed E-state index contributed by atoms with van der Waals surface area (Å²) in [5, 5.41) is 29.2. The van der Waals surface area contributed by atoms with E-state index in [2.05, 4.69) is 32.6 Å². The number of aliphatic carboxylic acids is 1. The maximum Gasteiger partial charge on any atom is 0.303 e. The van der Waals surface area contributed by atoms with Crippen LogP contribution in [0.25, 0.3) is 0 Å². The summed E-state index contributed by atoms with van der Waals surface area (Å²) in [5.74, 6) is 0.483. The SMILES string of the molecule is C=C1/C(=C/C=C2/CCC[C@]3(C)[C@@H]([C@H](C)CC(=O)O)CC[C@@H]23)C[C@H](O)C[C@H]1O. The number of carboxylic acids is 1. The van der Waals surface area contributed by atoms with Gasteiger partial charge in [-0.2, -0.15) is 0 Å². The molecule has 3 N–H and O–H groups in total. The van der Waals surface area contributed by atoms with Crippen molar-refractivity contribution in [3.63, 3.8) is 0 Å².